The lowest BCUT2D eigenvalue weighted by Crippen LogP contribution is -2.46. The van der Waals surface area contributed by atoms with Crippen molar-refractivity contribution in [3.8, 4) is 0 Å². The molecule has 0 unspecified atom stereocenters. The highest BCUT2D eigenvalue weighted by Crippen LogP contribution is 2.41. The van der Waals surface area contributed by atoms with Crippen LogP contribution in [-0.2, 0) is 14.4 Å². The standard InChI is InChI=1S/C19H26O5/c1-6-14(20)16-17(22)13(9-7-11(2)3)19(24,18(16)23)15(21)10-8-12(4)5/h7-8,13,23-24H,6,9-10H2,1-5H3/t13-,19-/m0/s1. The van der Waals surface area contributed by atoms with Gasteiger partial charge >= 0.3 is 0 Å². The summed E-state index contributed by atoms with van der Waals surface area (Å²) in [5, 5.41) is 21.3. The molecule has 0 aromatic rings. The molecule has 0 heterocycles. The number of ketones is 3. The molecule has 132 valence electrons. The van der Waals surface area contributed by atoms with Crippen LogP contribution in [0.4, 0.5) is 0 Å². The van der Waals surface area contributed by atoms with E-state index in [2.05, 4.69) is 0 Å². The first-order valence-corrected chi connectivity index (χ1v) is 8.10. The van der Waals surface area contributed by atoms with Crippen molar-refractivity contribution in [2.24, 2.45) is 5.92 Å². The number of rotatable bonds is 7. The Kier molecular flexibility index (Phi) is 6.43. The zero-order chi connectivity index (χ0) is 18.7. The summed E-state index contributed by atoms with van der Waals surface area (Å²) in [5.41, 5.74) is -0.977. The Hall–Kier alpha value is -2.01. The van der Waals surface area contributed by atoms with Crippen LogP contribution in [0.25, 0.3) is 0 Å². The largest absolute Gasteiger partial charge is 0.508 e. The van der Waals surface area contributed by atoms with E-state index in [9.17, 15) is 24.6 Å². The molecule has 0 amide bonds. The van der Waals surface area contributed by atoms with Crippen LogP contribution in [-0.4, -0.2) is 33.2 Å². The van der Waals surface area contributed by atoms with Gasteiger partial charge in [-0.25, -0.2) is 0 Å². The third kappa shape index (κ3) is 3.73. The number of Topliss-reactive ketones (excluding diaryl/α,β-unsaturated/α-hetero) is 3. The number of carbonyl (C=O) groups excluding carboxylic acids is 3. The number of hydrogen-bond donors (Lipinski definition) is 2. The molecule has 0 aliphatic heterocycles. The summed E-state index contributed by atoms with van der Waals surface area (Å²) in [6.45, 7) is 8.83. The van der Waals surface area contributed by atoms with Gasteiger partial charge in [-0.1, -0.05) is 30.2 Å². The third-order valence-corrected chi connectivity index (χ3v) is 4.15. The molecular formula is C19H26O5. The van der Waals surface area contributed by atoms with Gasteiger partial charge in [0.2, 0.25) is 0 Å². The van der Waals surface area contributed by atoms with Gasteiger partial charge in [0.15, 0.2) is 23.0 Å². The summed E-state index contributed by atoms with van der Waals surface area (Å²) in [6, 6.07) is 0. The van der Waals surface area contributed by atoms with Gasteiger partial charge < -0.3 is 10.2 Å². The van der Waals surface area contributed by atoms with E-state index in [1.807, 2.05) is 13.8 Å². The molecule has 0 aromatic carbocycles. The average Bonchev–Trinajstić information content (AvgIpc) is 2.70. The fraction of sp³-hybridized carbons (Fsp3) is 0.526. The molecule has 1 rings (SSSR count). The normalized spacial score (nSPS) is 23.2. The summed E-state index contributed by atoms with van der Waals surface area (Å²) in [5.74, 6) is -3.87. The highest BCUT2D eigenvalue weighted by Gasteiger charge is 2.58. The average molecular weight is 334 g/mol. The first-order valence-electron chi connectivity index (χ1n) is 8.10. The molecule has 0 radical (unpaired) electrons. The van der Waals surface area contributed by atoms with Crippen molar-refractivity contribution in [1.29, 1.82) is 0 Å². The number of aliphatic hydroxyl groups excluding tert-OH is 1. The monoisotopic (exact) mass is 334 g/mol. The minimum Gasteiger partial charge on any atom is -0.508 e. The van der Waals surface area contributed by atoms with Crippen LogP contribution in [0.2, 0.25) is 0 Å². The van der Waals surface area contributed by atoms with Crippen molar-refractivity contribution in [3.05, 3.63) is 34.6 Å². The highest BCUT2D eigenvalue weighted by molar-refractivity contribution is 6.25. The van der Waals surface area contributed by atoms with Gasteiger partial charge in [0.1, 0.15) is 11.3 Å². The Morgan fingerprint density at radius 3 is 2.12 bits per heavy atom. The summed E-state index contributed by atoms with van der Waals surface area (Å²) >= 11 is 0. The maximum Gasteiger partial charge on any atom is 0.191 e. The lowest BCUT2D eigenvalue weighted by atomic mass is 9.81. The van der Waals surface area contributed by atoms with Crippen LogP contribution < -0.4 is 0 Å². The topological polar surface area (TPSA) is 91.7 Å². The highest BCUT2D eigenvalue weighted by atomic mass is 16.3. The third-order valence-electron chi connectivity index (χ3n) is 4.15. The lowest BCUT2D eigenvalue weighted by molar-refractivity contribution is -0.144. The van der Waals surface area contributed by atoms with Crippen LogP contribution in [0, 0.1) is 5.92 Å². The molecule has 0 spiro atoms. The number of aliphatic hydroxyl groups is 2. The minimum absolute atomic E-state index is 0.0126. The zero-order valence-corrected chi connectivity index (χ0v) is 15.0. The van der Waals surface area contributed by atoms with Gasteiger partial charge in [0.05, 0.1) is 5.92 Å². The minimum atomic E-state index is -2.34. The van der Waals surface area contributed by atoms with Crippen molar-refractivity contribution < 1.29 is 24.6 Å². The van der Waals surface area contributed by atoms with Crippen molar-refractivity contribution in [1.82, 2.24) is 0 Å². The number of carbonyl (C=O) groups is 3. The Morgan fingerprint density at radius 2 is 1.67 bits per heavy atom. The van der Waals surface area contributed by atoms with Gasteiger partial charge in [-0.3, -0.25) is 14.4 Å². The van der Waals surface area contributed by atoms with E-state index < -0.39 is 40.2 Å². The zero-order valence-electron chi connectivity index (χ0n) is 15.0. The van der Waals surface area contributed by atoms with E-state index in [0.29, 0.717) is 0 Å². The SMILES string of the molecule is CCC(=O)C1=C(O)[C@@](O)(C(=O)CC=C(C)C)[C@@H](CC=C(C)C)C1=O. The molecular weight excluding hydrogens is 308 g/mol. The molecule has 0 aromatic heterocycles. The van der Waals surface area contributed by atoms with Gasteiger partial charge in [0.25, 0.3) is 0 Å². The Balaban J connectivity index is 3.40. The summed E-state index contributed by atoms with van der Waals surface area (Å²) < 4.78 is 0. The van der Waals surface area contributed by atoms with Crippen molar-refractivity contribution in [2.75, 3.05) is 0 Å². The van der Waals surface area contributed by atoms with Crippen molar-refractivity contribution >= 4 is 17.3 Å². The second-order valence-corrected chi connectivity index (χ2v) is 6.61. The molecule has 1 aliphatic carbocycles. The molecule has 0 saturated carbocycles. The maximum atomic E-state index is 12.6. The van der Waals surface area contributed by atoms with Gasteiger partial charge in [-0.05, 0) is 34.1 Å². The van der Waals surface area contributed by atoms with Gasteiger partial charge in [-0.2, -0.15) is 0 Å². The second kappa shape index (κ2) is 7.71. The number of allylic oxidation sites excluding steroid dienone is 5. The first-order chi connectivity index (χ1) is 11.1. The molecule has 0 saturated heterocycles. The predicted molar refractivity (Wildman–Crippen MR) is 91.5 cm³/mol. The first kappa shape index (κ1) is 20.0. The van der Waals surface area contributed by atoms with Crippen molar-refractivity contribution in [2.45, 2.75) is 59.5 Å². The van der Waals surface area contributed by atoms with Crippen LogP contribution in [0.1, 0.15) is 53.9 Å². The van der Waals surface area contributed by atoms with E-state index >= 15 is 0 Å². The van der Waals surface area contributed by atoms with E-state index in [1.54, 1.807) is 32.9 Å². The summed E-state index contributed by atoms with van der Waals surface area (Å²) in [7, 11) is 0. The number of hydrogen-bond acceptors (Lipinski definition) is 5. The van der Waals surface area contributed by atoms with Crippen LogP contribution in [0.5, 0.6) is 0 Å². The van der Waals surface area contributed by atoms with Crippen LogP contribution in [0.15, 0.2) is 34.6 Å². The maximum absolute atomic E-state index is 12.6. The van der Waals surface area contributed by atoms with E-state index in [0.717, 1.165) is 11.1 Å². The van der Waals surface area contributed by atoms with Crippen molar-refractivity contribution in [3.63, 3.8) is 0 Å². The van der Waals surface area contributed by atoms with E-state index in [4.69, 9.17) is 0 Å². The molecule has 5 nitrogen and oxygen atoms in total. The van der Waals surface area contributed by atoms with E-state index in [-0.39, 0.29) is 19.3 Å². The lowest BCUT2D eigenvalue weighted by Gasteiger charge is -2.27. The Morgan fingerprint density at radius 1 is 1.12 bits per heavy atom. The Bertz CT molecular complexity index is 643. The van der Waals surface area contributed by atoms with Gasteiger partial charge in [0, 0.05) is 12.8 Å². The quantitative estimate of drug-likeness (QED) is 0.551. The second-order valence-electron chi connectivity index (χ2n) is 6.61. The van der Waals surface area contributed by atoms with Crippen LogP contribution in [0.3, 0.4) is 0 Å². The molecule has 0 bridgehead atoms. The van der Waals surface area contributed by atoms with E-state index in [1.165, 1.54) is 0 Å². The van der Waals surface area contributed by atoms with Crippen LogP contribution >= 0.6 is 0 Å². The summed E-state index contributed by atoms with van der Waals surface area (Å²) in [4.78, 5) is 37.2. The molecule has 1 aliphatic rings. The molecule has 0 fully saturated rings. The Labute approximate surface area is 142 Å². The molecule has 2 N–H and O–H groups in total. The molecule has 5 heteroatoms. The molecule has 2 atom stereocenters. The molecule has 24 heavy (non-hydrogen) atoms. The smallest absolute Gasteiger partial charge is 0.191 e. The predicted octanol–water partition coefficient (Wildman–Crippen LogP) is 2.99. The van der Waals surface area contributed by atoms with Gasteiger partial charge in [-0.15, -0.1) is 0 Å². The fourth-order valence-corrected chi connectivity index (χ4v) is 2.69. The summed E-state index contributed by atoms with van der Waals surface area (Å²) in [6.07, 6.45) is 3.32. The fourth-order valence-electron chi connectivity index (χ4n) is 2.69.